The number of hydrogen-bond donors (Lipinski definition) is 0. The van der Waals surface area contributed by atoms with Crippen molar-refractivity contribution in [2.45, 2.75) is 20.4 Å². The fourth-order valence-electron chi connectivity index (χ4n) is 3.00. The Bertz CT molecular complexity index is 725. The molecule has 0 saturated carbocycles. The molecule has 1 aromatic heterocycles. The largest absolute Gasteiger partial charge is 0.462 e. The standard InChI is InChI=1S/C20H24N2O2/c1-16-4-3-5-18(14-16)15-21-10-12-22(13-11-21)20(23)9-8-19-7-6-17(2)24-19/h3-9,14H,10-13,15H2,1-2H3/b9-8+. The third kappa shape index (κ3) is 4.36. The van der Waals surface area contributed by atoms with Crippen molar-refractivity contribution in [1.29, 1.82) is 0 Å². The van der Waals surface area contributed by atoms with Gasteiger partial charge in [-0.05, 0) is 37.6 Å². The summed E-state index contributed by atoms with van der Waals surface area (Å²) in [5, 5.41) is 0. The van der Waals surface area contributed by atoms with Crippen LogP contribution < -0.4 is 0 Å². The topological polar surface area (TPSA) is 36.7 Å². The van der Waals surface area contributed by atoms with E-state index < -0.39 is 0 Å². The van der Waals surface area contributed by atoms with Gasteiger partial charge in [-0.25, -0.2) is 0 Å². The number of carbonyl (C=O) groups is 1. The molecular formula is C20H24N2O2. The molecule has 0 N–H and O–H groups in total. The lowest BCUT2D eigenvalue weighted by molar-refractivity contribution is -0.127. The summed E-state index contributed by atoms with van der Waals surface area (Å²) in [6.07, 6.45) is 3.35. The predicted octanol–water partition coefficient (Wildman–Crippen LogP) is 3.25. The van der Waals surface area contributed by atoms with E-state index in [9.17, 15) is 4.79 Å². The van der Waals surface area contributed by atoms with E-state index in [1.807, 2.05) is 24.0 Å². The van der Waals surface area contributed by atoms with E-state index in [2.05, 4.69) is 36.1 Å². The van der Waals surface area contributed by atoms with Crippen molar-refractivity contribution in [3.8, 4) is 0 Å². The van der Waals surface area contributed by atoms with Gasteiger partial charge in [0.25, 0.3) is 0 Å². The lowest BCUT2D eigenvalue weighted by atomic mass is 10.1. The van der Waals surface area contributed by atoms with Crippen LogP contribution in [-0.2, 0) is 11.3 Å². The summed E-state index contributed by atoms with van der Waals surface area (Å²) in [7, 11) is 0. The molecule has 2 aromatic rings. The Kier molecular flexibility index (Phi) is 5.16. The normalized spacial score (nSPS) is 16.0. The minimum atomic E-state index is 0.0549. The van der Waals surface area contributed by atoms with E-state index in [1.54, 1.807) is 12.2 Å². The average Bonchev–Trinajstić information content (AvgIpc) is 2.99. The number of benzene rings is 1. The van der Waals surface area contributed by atoms with Gasteiger partial charge in [-0.3, -0.25) is 9.69 Å². The molecule has 4 heteroatoms. The number of nitrogens with zero attached hydrogens (tertiary/aromatic N) is 2. The van der Waals surface area contributed by atoms with E-state index in [1.165, 1.54) is 11.1 Å². The van der Waals surface area contributed by atoms with Crippen LogP contribution in [0.5, 0.6) is 0 Å². The number of rotatable bonds is 4. The lowest BCUT2D eigenvalue weighted by Gasteiger charge is -2.34. The maximum Gasteiger partial charge on any atom is 0.246 e. The molecule has 0 aliphatic carbocycles. The minimum absolute atomic E-state index is 0.0549. The smallest absolute Gasteiger partial charge is 0.246 e. The van der Waals surface area contributed by atoms with Crippen molar-refractivity contribution in [2.75, 3.05) is 26.2 Å². The number of furan rings is 1. The molecule has 0 atom stereocenters. The zero-order chi connectivity index (χ0) is 16.9. The van der Waals surface area contributed by atoms with Crippen molar-refractivity contribution >= 4 is 12.0 Å². The number of amides is 1. The Morgan fingerprint density at radius 1 is 1.12 bits per heavy atom. The highest BCUT2D eigenvalue weighted by Gasteiger charge is 2.19. The molecule has 0 spiro atoms. The van der Waals surface area contributed by atoms with Crippen molar-refractivity contribution in [2.24, 2.45) is 0 Å². The van der Waals surface area contributed by atoms with E-state index in [4.69, 9.17) is 4.42 Å². The second kappa shape index (κ2) is 7.49. The molecule has 1 aromatic carbocycles. The molecule has 1 fully saturated rings. The van der Waals surface area contributed by atoms with Crippen LogP contribution in [0.25, 0.3) is 6.08 Å². The highest BCUT2D eigenvalue weighted by Crippen LogP contribution is 2.12. The second-order valence-corrected chi connectivity index (χ2v) is 6.37. The van der Waals surface area contributed by atoms with Gasteiger partial charge in [0.05, 0.1) is 0 Å². The third-order valence-electron chi connectivity index (χ3n) is 4.32. The van der Waals surface area contributed by atoms with E-state index in [0.29, 0.717) is 0 Å². The van der Waals surface area contributed by atoms with Gasteiger partial charge >= 0.3 is 0 Å². The fourth-order valence-corrected chi connectivity index (χ4v) is 3.00. The first-order valence-electron chi connectivity index (χ1n) is 8.41. The average molecular weight is 324 g/mol. The Morgan fingerprint density at radius 2 is 1.92 bits per heavy atom. The lowest BCUT2D eigenvalue weighted by Crippen LogP contribution is -2.47. The number of carbonyl (C=O) groups excluding carboxylic acids is 1. The molecule has 0 bridgehead atoms. The van der Waals surface area contributed by atoms with Crippen molar-refractivity contribution in [3.63, 3.8) is 0 Å². The van der Waals surface area contributed by atoms with Crippen LogP contribution in [0.1, 0.15) is 22.6 Å². The molecular weight excluding hydrogens is 300 g/mol. The summed E-state index contributed by atoms with van der Waals surface area (Å²) in [6, 6.07) is 12.4. The van der Waals surface area contributed by atoms with E-state index in [0.717, 1.165) is 44.2 Å². The maximum absolute atomic E-state index is 12.3. The van der Waals surface area contributed by atoms with Crippen molar-refractivity contribution in [1.82, 2.24) is 9.80 Å². The van der Waals surface area contributed by atoms with Gasteiger partial charge in [0.15, 0.2) is 0 Å². The Labute approximate surface area is 143 Å². The van der Waals surface area contributed by atoms with Crippen LogP contribution in [0.4, 0.5) is 0 Å². The number of aryl methyl sites for hydroxylation is 2. The van der Waals surface area contributed by atoms with Gasteiger partial charge < -0.3 is 9.32 Å². The van der Waals surface area contributed by atoms with Crippen LogP contribution in [0.15, 0.2) is 46.9 Å². The van der Waals surface area contributed by atoms with E-state index in [-0.39, 0.29) is 5.91 Å². The van der Waals surface area contributed by atoms with Gasteiger partial charge in [0.2, 0.25) is 5.91 Å². The van der Waals surface area contributed by atoms with Gasteiger partial charge in [0.1, 0.15) is 11.5 Å². The summed E-state index contributed by atoms with van der Waals surface area (Å²) in [5.74, 6) is 1.63. The molecule has 0 unspecified atom stereocenters. The molecule has 1 saturated heterocycles. The highest BCUT2D eigenvalue weighted by atomic mass is 16.3. The van der Waals surface area contributed by atoms with Gasteiger partial charge in [-0.15, -0.1) is 0 Å². The minimum Gasteiger partial charge on any atom is -0.462 e. The first-order chi connectivity index (χ1) is 11.6. The van der Waals surface area contributed by atoms with Gasteiger partial charge in [-0.1, -0.05) is 29.8 Å². The molecule has 24 heavy (non-hydrogen) atoms. The Hall–Kier alpha value is -2.33. The number of piperazine rings is 1. The first kappa shape index (κ1) is 16.5. The second-order valence-electron chi connectivity index (χ2n) is 6.37. The molecule has 1 amide bonds. The molecule has 3 rings (SSSR count). The molecule has 126 valence electrons. The van der Waals surface area contributed by atoms with Crippen molar-refractivity contribution in [3.05, 3.63) is 65.1 Å². The summed E-state index contributed by atoms with van der Waals surface area (Å²) in [6.45, 7) is 8.32. The van der Waals surface area contributed by atoms with Crippen LogP contribution >= 0.6 is 0 Å². The zero-order valence-electron chi connectivity index (χ0n) is 14.4. The highest BCUT2D eigenvalue weighted by molar-refractivity contribution is 5.91. The molecule has 0 radical (unpaired) electrons. The van der Waals surface area contributed by atoms with Crippen LogP contribution in [0, 0.1) is 13.8 Å². The molecule has 4 nitrogen and oxygen atoms in total. The Morgan fingerprint density at radius 3 is 2.58 bits per heavy atom. The third-order valence-corrected chi connectivity index (χ3v) is 4.32. The predicted molar refractivity (Wildman–Crippen MR) is 95.5 cm³/mol. The first-order valence-corrected chi connectivity index (χ1v) is 8.41. The van der Waals surface area contributed by atoms with Gasteiger partial charge in [-0.2, -0.15) is 0 Å². The van der Waals surface area contributed by atoms with E-state index >= 15 is 0 Å². The maximum atomic E-state index is 12.3. The summed E-state index contributed by atoms with van der Waals surface area (Å²) in [5.41, 5.74) is 2.63. The van der Waals surface area contributed by atoms with Crippen LogP contribution in [0.3, 0.4) is 0 Å². The fraction of sp³-hybridized carbons (Fsp3) is 0.350. The summed E-state index contributed by atoms with van der Waals surface area (Å²) in [4.78, 5) is 16.6. The van der Waals surface area contributed by atoms with Crippen molar-refractivity contribution < 1.29 is 9.21 Å². The zero-order valence-corrected chi connectivity index (χ0v) is 14.4. The summed E-state index contributed by atoms with van der Waals surface area (Å²) < 4.78 is 5.45. The Balaban J connectivity index is 1.49. The monoisotopic (exact) mass is 324 g/mol. The molecule has 1 aliphatic rings. The molecule has 2 heterocycles. The summed E-state index contributed by atoms with van der Waals surface area (Å²) >= 11 is 0. The number of hydrogen-bond acceptors (Lipinski definition) is 3. The quantitative estimate of drug-likeness (QED) is 0.810. The van der Waals surface area contributed by atoms with Crippen LogP contribution in [-0.4, -0.2) is 41.9 Å². The molecule has 1 aliphatic heterocycles. The van der Waals surface area contributed by atoms with Crippen LogP contribution in [0.2, 0.25) is 0 Å². The van der Waals surface area contributed by atoms with Gasteiger partial charge in [0, 0.05) is 38.8 Å². The SMILES string of the molecule is Cc1cccc(CN2CCN(C(=O)/C=C/c3ccc(C)o3)CC2)c1.